The summed E-state index contributed by atoms with van der Waals surface area (Å²) in [5.41, 5.74) is 0. The van der Waals surface area contributed by atoms with Gasteiger partial charge in [-0.15, -0.1) is 0 Å². The molecule has 0 aromatic rings. The van der Waals surface area contributed by atoms with Crippen molar-refractivity contribution in [1.82, 2.24) is 0 Å². The van der Waals surface area contributed by atoms with Crippen LogP contribution in [-0.4, -0.2) is 25.2 Å². The molecule has 0 rings (SSSR count). The molecule has 0 saturated carbocycles. The molecule has 0 aliphatic rings. The molecule has 0 radical (unpaired) electrons. The summed E-state index contributed by atoms with van der Waals surface area (Å²) < 4.78 is 10.7. The van der Waals surface area contributed by atoms with Crippen LogP contribution in [0.3, 0.4) is 0 Å². The molecule has 4 heteroatoms. The molecule has 244 valence electrons. The van der Waals surface area contributed by atoms with Crippen LogP contribution >= 0.6 is 0 Å². The Balaban J connectivity index is 3.25. The Hall–Kier alpha value is -1.06. The molecule has 0 atom stereocenters. The maximum atomic E-state index is 11.9. The minimum atomic E-state index is -0.126. The number of carbonyl (C=O) groups excluding carboxylic acids is 2. The highest BCUT2D eigenvalue weighted by atomic mass is 16.5. The van der Waals surface area contributed by atoms with Crippen molar-refractivity contribution in [3.8, 4) is 0 Å². The van der Waals surface area contributed by atoms with Crippen LogP contribution < -0.4 is 0 Å². The number of rotatable bonds is 34. The lowest BCUT2D eigenvalue weighted by atomic mass is 10.0. The van der Waals surface area contributed by atoms with Crippen LogP contribution in [0.1, 0.15) is 213 Å². The first-order valence-corrected chi connectivity index (χ1v) is 18.5. The second-order valence-corrected chi connectivity index (χ2v) is 12.5. The van der Waals surface area contributed by atoms with Crippen molar-refractivity contribution < 1.29 is 19.1 Å². The summed E-state index contributed by atoms with van der Waals surface area (Å²) in [4.78, 5) is 23.8. The van der Waals surface area contributed by atoms with Gasteiger partial charge in [-0.05, 0) is 25.7 Å². The summed E-state index contributed by atoms with van der Waals surface area (Å²) in [5.74, 6) is -0.251. The van der Waals surface area contributed by atoms with E-state index in [0.29, 0.717) is 38.9 Å². The maximum Gasteiger partial charge on any atom is 0.305 e. The molecular formula is C37H72O4. The molecule has 0 spiro atoms. The highest BCUT2D eigenvalue weighted by Crippen LogP contribution is 2.14. The lowest BCUT2D eigenvalue weighted by Crippen LogP contribution is -2.08. The Morgan fingerprint density at radius 3 is 0.780 bits per heavy atom. The Kier molecular flexibility index (Phi) is 34.2. The fourth-order valence-electron chi connectivity index (χ4n) is 5.47. The van der Waals surface area contributed by atoms with Crippen LogP contribution in [0, 0.1) is 0 Å². The van der Waals surface area contributed by atoms with E-state index in [-0.39, 0.29) is 11.9 Å². The zero-order valence-electron chi connectivity index (χ0n) is 28.0. The van der Waals surface area contributed by atoms with Gasteiger partial charge in [0.05, 0.1) is 13.2 Å². The quantitative estimate of drug-likeness (QED) is 0.0561. The smallest absolute Gasteiger partial charge is 0.305 e. The molecular weight excluding hydrogens is 508 g/mol. The molecule has 0 bridgehead atoms. The highest BCUT2D eigenvalue weighted by molar-refractivity contribution is 5.70. The van der Waals surface area contributed by atoms with E-state index in [0.717, 1.165) is 25.7 Å². The van der Waals surface area contributed by atoms with E-state index < -0.39 is 0 Å². The van der Waals surface area contributed by atoms with Crippen LogP contribution in [0.2, 0.25) is 0 Å². The summed E-state index contributed by atoms with van der Waals surface area (Å²) in [6.07, 6.45) is 38.0. The van der Waals surface area contributed by atoms with Crippen molar-refractivity contribution >= 4 is 11.9 Å². The fourth-order valence-corrected chi connectivity index (χ4v) is 5.47. The first kappa shape index (κ1) is 39.9. The molecule has 0 amide bonds. The summed E-state index contributed by atoms with van der Waals surface area (Å²) in [5, 5.41) is 0. The number of hydrogen-bond donors (Lipinski definition) is 0. The first-order chi connectivity index (χ1) is 20.2. The van der Waals surface area contributed by atoms with Crippen LogP contribution in [-0.2, 0) is 19.1 Å². The average molecular weight is 581 g/mol. The molecule has 0 aliphatic carbocycles. The minimum Gasteiger partial charge on any atom is -0.466 e. The summed E-state index contributed by atoms with van der Waals surface area (Å²) in [7, 11) is 0. The Labute approximate surface area is 256 Å². The fraction of sp³-hybridized carbons (Fsp3) is 0.946. The Bertz CT molecular complexity index is 533. The van der Waals surface area contributed by atoms with Crippen molar-refractivity contribution in [2.24, 2.45) is 0 Å². The highest BCUT2D eigenvalue weighted by Gasteiger charge is 2.06. The molecule has 0 heterocycles. The van der Waals surface area contributed by atoms with Gasteiger partial charge in [-0.2, -0.15) is 0 Å². The van der Waals surface area contributed by atoms with E-state index in [2.05, 4.69) is 13.8 Å². The third-order valence-electron chi connectivity index (χ3n) is 8.28. The monoisotopic (exact) mass is 581 g/mol. The van der Waals surface area contributed by atoms with E-state index >= 15 is 0 Å². The third kappa shape index (κ3) is 35.0. The lowest BCUT2D eigenvalue weighted by molar-refractivity contribution is -0.146. The van der Waals surface area contributed by atoms with Crippen molar-refractivity contribution in [3.63, 3.8) is 0 Å². The normalized spacial score (nSPS) is 11.2. The number of hydrogen-bond acceptors (Lipinski definition) is 4. The van der Waals surface area contributed by atoms with E-state index in [1.165, 1.54) is 148 Å². The number of unbranched alkanes of at least 4 members (excludes halogenated alkanes) is 26. The van der Waals surface area contributed by atoms with Gasteiger partial charge in [-0.1, -0.05) is 174 Å². The van der Waals surface area contributed by atoms with Gasteiger partial charge < -0.3 is 9.47 Å². The predicted octanol–water partition coefficient (Wildman–Crippen LogP) is 12.2. The largest absolute Gasteiger partial charge is 0.466 e. The van der Waals surface area contributed by atoms with Gasteiger partial charge in [0.1, 0.15) is 0 Å². The topological polar surface area (TPSA) is 52.6 Å². The van der Waals surface area contributed by atoms with Gasteiger partial charge in [0.2, 0.25) is 0 Å². The number of ether oxygens (including phenoxy) is 2. The molecule has 0 aliphatic heterocycles. The molecule has 0 fully saturated rings. The van der Waals surface area contributed by atoms with Gasteiger partial charge in [-0.3, -0.25) is 9.59 Å². The maximum absolute atomic E-state index is 11.9. The summed E-state index contributed by atoms with van der Waals surface area (Å²) >= 11 is 0. The van der Waals surface area contributed by atoms with Crippen molar-refractivity contribution in [2.45, 2.75) is 213 Å². The van der Waals surface area contributed by atoms with Gasteiger partial charge >= 0.3 is 11.9 Å². The second kappa shape index (κ2) is 35.1. The Morgan fingerprint density at radius 2 is 0.537 bits per heavy atom. The minimum absolute atomic E-state index is 0.125. The lowest BCUT2D eigenvalue weighted by Gasteiger charge is -2.06. The van der Waals surface area contributed by atoms with E-state index in [1.54, 1.807) is 0 Å². The SMILES string of the molecule is CCCCCCCCCCCCCCCCCCOC(=O)CCCCC(=O)OCCCCCCCCCCCCC. The zero-order valence-corrected chi connectivity index (χ0v) is 28.0. The van der Waals surface area contributed by atoms with Crippen LogP contribution in [0.4, 0.5) is 0 Å². The van der Waals surface area contributed by atoms with Gasteiger partial charge in [0.25, 0.3) is 0 Å². The third-order valence-corrected chi connectivity index (χ3v) is 8.28. The Morgan fingerprint density at radius 1 is 0.317 bits per heavy atom. The van der Waals surface area contributed by atoms with Gasteiger partial charge in [0, 0.05) is 12.8 Å². The average Bonchev–Trinajstić information content (AvgIpc) is 2.97. The molecule has 41 heavy (non-hydrogen) atoms. The summed E-state index contributed by atoms with van der Waals surface area (Å²) in [6, 6.07) is 0. The second-order valence-electron chi connectivity index (χ2n) is 12.5. The van der Waals surface area contributed by atoms with Crippen molar-refractivity contribution in [3.05, 3.63) is 0 Å². The zero-order chi connectivity index (χ0) is 29.9. The van der Waals surface area contributed by atoms with Crippen molar-refractivity contribution in [1.29, 1.82) is 0 Å². The summed E-state index contributed by atoms with van der Waals surface area (Å²) in [6.45, 7) is 5.62. The van der Waals surface area contributed by atoms with E-state index in [4.69, 9.17) is 9.47 Å². The molecule has 0 aromatic carbocycles. The van der Waals surface area contributed by atoms with Gasteiger partial charge in [-0.25, -0.2) is 0 Å². The molecule has 0 N–H and O–H groups in total. The van der Waals surface area contributed by atoms with Crippen molar-refractivity contribution in [2.75, 3.05) is 13.2 Å². The van der Waals surface area contributed by atoms with Gasteiger partial charge in [0.15, 0.2) is 0 Å². The predicted molar refractivity (Wildman–Crippen MR) is 176 cm³/mol. The number of esters is 2. The standard InChI is InChI=1S/C37H72O4/c1-3-5-7-9-11-13-15-16-17-18-19-21-23-25-27-31-35-41-37(39)33-29-28-32-36(38)40-34-30-26-24-22-20-14-12-10-8-6-4-2/h3-35H2,1-2H3. The van der Waals surface area contributed by atoms with E-state index in [9.17, 15) is 9.59 Å². The number of carbonyl (C=O) groups is 2. The molecule has 0 unspecified atom stereocenters. The molecule has 0 aromatic heterocycles. The molecule has 0 saturated heterocycles. The van der Waals surface area contributed by atoms with Crippen LogP contribution in [0.5, 0.6) is 0 Å². The molecule has 4 nitrogen and oxygen atoms in total. The van der Waals surface area contributed by atoms with E-state index in [1.807, 2.05) is 0 Å². The first-order valence-electron chi connectivity index (χ1n) is 18.5. The van der Waals surface area contributed by atoms with Crippen LogP contribution in [0.25, 0.3) is 0 Å². The van der Waals surface area contributed by atoms with Crippen LogP contribution in [0.15, 0.2) is 0 Å².